The summed E-state index contributed by atoms with van der Waals surface area (Å²) in [6, 6.07) is 5.52. The van der Waals surface area contributed by atoms with Gasteiger partial charge in [-0.25, -0.2) is 0 Å². The molecular weight excluding hydrogens is 318 g/mol. The molecule has 0 saturated carbocycles. The molecule has 0 aromatic heterocycles. The number of nitrogens with zero attached hydrogens (tertiary/aromatic N) is 1. The fourth-order valence-corrected chi connectivity index (χ4v) is 3.35. The van der Waals surface area contributed by atoms with E-state index < -0.39 is 0 Å². The number of thiocarbonyl (C=S) groups is 1. The van der Waals surface area contributed by atoms with Crippen molar-refractivity contribution in [3.8, 4) is 11.5 Å². The molecule has 2 rings (SSSR count). The molecule has 0 spiro atoms. The SMILES string of the molecule is C=CCOc1ccc(C=C2SC(=S)N(CC)C2=O)cc1OC. The van der Waals surface area contributed by atoms with Gasteiger partial charge in [-0.15, -0.1) is 0 Å². The van der Waals surface area contributed by atoms with Crippen LogP contribution in [-0.4, -0.2) is 35.4 Å². The van der Waals surface area contributed by atoms with Crippen LogP contribution in [0, 0.1) is 0 Å². The Hall–Kier alpha value is -1.79. The molecule has 0 unspecified atom stereocenters. The molecule has 4 nitrogen and oxygen atoms in total. The highest BCUT2D eigenvalue weighted by molar-refractivity contribution is 8.26. The topological polar surface area (TPSA) is 38.8 Å². The smallest absolute Gasteiger partial charge is 0.266 e. The number of ether oxygens (including phenoxy) is 2. The molecule has 1 aromatic rings. The zero-order valence-electron chi connectivity index (χ0n) is 12.5. The maximum absolute atomic E-state index is 12.2. The van der Waals surface area contributed by atoms with E-state index >= 15 is 0 Å². The standard InChI is InChI=1S/C16H17NO3S2/c1-4-8-20-12-7-6-11(9-13(12)19-3)10-14-15(18)17(5-2)16(21)22-14/h4,6-7,9-10H,1,5,8H2,2-3H3. The van der Waals surface area contributed by atoms with Gasteiger partial charge >= 0.3 is 0 Å². The Kier molecular flexibility index (Phi) is 5.63. The third kappa shape index (κ3) is 3.51. The van der Waals surface area contributed by atoms with E-state index in [9.17, 15) is 4.79 Å². The first-order chi connectivity index (χ1) is 10.6. The number of benzene rings is 1. The van der Waals surface area contributed by atoms with E-state index in [0.717, 1.165) is 5.56 Å². The molecule has 0 bridgehead atoms. The largest absolute Gasteiger partial charge is 0.493 e. The van der Waals surface area contributed by atoms with Crippen molar-refractivity contribution in [1.29, 1.82) is 0 Å². The Morgan fingerprint density at radius 2 is 2.18 bits per heavy atom. The van der Waals surface area contributed by atoms with E-state index in [1.165, 1.54) is 11.8 Å². The predicted octanol–water partition coefficient (Wildman–Crippen LogP) is 3.48. The van der Waals surface area contributed by atoms with Crippen LogP contribution in [0.3, 0.4) is 0 Å². The second-order valence-electron chi connectivity index (χ2n) is 4.44. The molecule has 6 heteroatoms. The van der Waals surface area contributed by atoms with Crippen LogP contribution in [0.25, 0.3) is 6.08 Å². The fourth-order valence-electron chi connectivity index (χ4n) is 1.97. The molecule has 1 aliphatic rings. The van der Waals surface area contributed by atoms with Crippen LogP contribution in [0.4, 0.5) is 0 Å². The molecule has 0 atom stereocenters. The van der Waals surface area contributed by atoms with E-state index in [1.807, 2.05) is 31.2 Å². The first-order valence-electron chi connectivity index (χ1n) is 6.77. The molecule has 1 fully saturated rings. The number of carbonyl (C=O) groups is 1. The predicted molar refractivity (Wildman–Crippen MR) is 94.2 cm³/mol. The van der Waals surface area contributed by atoms with Gasteiger partial charge < -0.3 is 9.47 Å². The molecule has 1 aromatic carbocycles. The second kappa shape index (κ2) is 7.47. The molecule has 1 heterocycles. The average Bonchev–Trinajstić information content (AvgIpc) is 2.79. The first kappa shape index (κ1) is 16.6. The second-order valence-corrected chi connectivity index (χ2v) is 6.11. The number of likely N-dealkylation sites (N-methyl/N-ethyl adjacent to an activating group) is 1. The summed E-state index contributed by atoms with van der Waals surface area (Å²) in [6.07, 6.45) is 3.48. The van der Waals surface area contributed by atoms with Crippen molar-refractivity contribution < 1.29 is 14.3 Å². The van der Waals surface area contributed by atoms with Gasteiger partial charge in [-0.05, 0) is 30.7 Å². The summed E-state index contributed by atoms with van der Waals surface area (Å²) in [6.45, 7) is 6.51. The van der Waals surface area contributed by atoms with Gasteiger partial charge in [0.05, 0.1) is 12.0 Å². The first-order valence-corrected chi connectivity index (χ1v) is 8.00. The van der Waals surface area contributed by atoms with Crippen LogP contribution in [-0.2, 0) is 4.79 Å². The molecule has 1 aliphatic heterocycles. The lowest BCUT2D eigenvalue weighted by Crippen LogP contribution is -2.27. The highest BCUT2D eigenvalue weighted by Crippen LogP contribution is 2.34. The van der Waals surface area contributed by atoms with Crippen molar-refractivity contribution in [2.75, 3.05) is 20.3 Å². The number of thioether (sulfide) groups is 1. The minimum absolute atomic E-state index is 0.0524. The third-order valence-electron chi connectivity index (χ3n) is 3.03. The summed E-state index contributed by atoms with van der Waals surface area (Å²) < 4.78 is 11.4. The monoisotopic (exact) mass is 335 g/mol. The molecule has 116 valence electrons. The summed E-state index contributed by atoms with van der Waals surface area (Å²) in [5, 5.41) is 0. The summed E-state index contributed by atoms with van der Waals surface area (Å²) >= 11 is 6.52. The highest BCUT2D eigenvalue weighted by atomic mass is 32.2. The lowest BCUT2D eigenvalue weighted by atomic mass is 10.2. The number of amides is 1. The van der Waals surface area contributed by atoms with Crippen molar-refractivity contribution in [3.05, 3.63) is 41.3 Å². The normalized spacial score (nSPS) is 16.3. The van der Waals surface area contributed by atoms with Gasteiger partial charge in [-0.2, -0.15) is 0 Å². The van der Waals surface area contributed by atoms with E-state index in [-0.39, 0.29) is 5.91 Å². The van der Waals surface area contributed by atoms with Crippen LogP contribution < -0.4 is 9.47 Å². The van der Waals surface area contributed by atoms with Gasteiger partial charge in [0.25, 0.3) is 5.91 Å². The Morgan fingerprint density at radius 3 is 2.77 bits per heavy atom. The molecule has 1 amide bonds. The van der Waals surface area contributed by atoms with Gasteiger partial charge in [0.2, 0.25) is 0 Å². The zero-order valence-corrected chi connectivity index (χ0v) is 14.1. The molecule has 22 heavy (non-hydrogen) atoms. The number of carbonyl (C=O) groups excluding carboxylic acids is 1. The van der Waals surface area contributed by atoms with Crippen LogP contribution in [0.2, 0.25) is 0 Å². The van der Waals surface area contributed by atoms with Gasteiger partial charge in [0.1, 0.15) is 10.9 Å². The third-order valence-corrected chi connectivity index (χ3v) is 4.41. The molecule has 0 aliphatic carbocycles. The van der Waals surface area contributed by atoms with E-state index in [4.69, 9.17) is 21.7 Å². The van der Waals surface area contributed by atoms with Gasteiger partial charge in [-0.1, -0.05) is 42.7 Å². The number of hydrogen-bond acceptors (Lipinski definition) is 5. The Balaban J connectivity index is 2.26. The van der Waals surface area contributed by atoms with Gasteiger partial charge in [0.15, 0.2) is 11.5 Å². The summed E-state index contributed by atoms with van der Waals surface area (Å²) in [5.74, 6) is 1.20. The van der Waals surface area contributed by atoms with Crippen molar-refractivity contribution in [1.82, 2.24) is 4.90 Å². The van der Waals surface area contributed by atoms with Crippen molar-refractivity contribution in [2.24, 2.45) is 0 Å². The summed E-state index contributed by atoms with van der Waals surface area (Å²) in [7, 11) is 1.58. The highest BCUT2D eigenvalue weighted by Gasteiger charge is 2.30. The van der Waals surface area contributed by atoms with Crippen LogP contribution in [0.5, 0.6) is 11.5 Å². The van der Waals surface area contributed by atoms with Gasteiger partial charge in [-0.3, -0.25) is 9.69 Å². The number of methoxy groups -OCH3 is 1. The molecule has 0 radical (unpaired) electrons. The van der Waals surface area contributed by atoms with Crippen LogP contribution in [0.15, 0.2) is 35.8 Å². The quantitative estimate of drug-likeness (QED) is 0.452. The Bertz CT molecular complexity index is 640. The van der Waals surface area contributed by atoms with Crippen molar-refractivity contribution in [3.63, 3.8) is 0 Å². The van der Waals surface area contributed by atoms with Crippen LogP contribution in [0.1, 0.15) is 12.5 Å². The molecule has 0 N–H and O–H groups in total. The lowest BCUT2D eigenvalue weighted by molar-refractivity contribution is -0.121. The zero-order chi connectivity index (χ0) is 16.1. The van der Waals surface area contributed by atoms with E-state index in [1.54, 1.807) is 18.1 Å². The summed E-state index contributed by atoms with van der Waals surface area (Å²) in [4.78, 5) is 14.4. The van der Waals surface area contributed by atoms with Crippen LogP contribution >= 0.6 is 24.0 Å². The maximum atomic E-state index is 12.2. The minimum Gasteiger partial charge on any atom is -0.493 e. The number of hydrogen-bond donors (Lipinski definition) is 0. The van der Waals surface area contributed by atoms with Crippen molar-refractivity contribution >= 4 is 40.3 Å². The average molecular weight is 335 g/mol. The van der Waals surface area contributed by atoms with E-state index in [2.05, 4.69) is 6.58 Å². The Morgan fingerprint density at radius 1 is 1.41 bits per heavy atom. The van der Waals surface area contributed by atoms with E-state index in [0.29, 0.717) is 33.9 Å². The molecule has 1 saturated heterocycles. The van der Waals surface area contributed by atoms with Crippen molar-refractivity contribution in [2.45, 2.75) is 6.92 Å². The minimum atomic E-state index is -0.0524. The Labute approximate surface area is 139 Å². The molecular formula is C16H17NO3S2. The van der Waals surface area contributed by atoms with Gasteiger partial charge in [0, 0.05) is 6.54 Å². The maximum Gasteiger partial charge on any atom is 0.266 e. The summed E-state index contributed by atoms with van der Waals surface area (Å²) in [5.41, 5.74) is 0.861. The fraction of sp³-hybridized carbons (Fsp3) is 0.250. The lowest BCUT2D eigenvalue weighted by Gasteiger charge is -2.10. The number of rotatable bonds is 6.